The Labute approximate surface area is 169 Å². The summed E-state index contributed by atoms with van der Waals surface area (Å²) in [5.74, 6) is 1.47. The molecular formula is C19H24N4O3S2. The predicted molar refractivity (Wildman–Crippen MR) is 108 cm³/mol. The molecule has 1 N–H and O–H groups in total. The van der Waals surface area contributed by atoms with Crippen LogP contribution in [-0.2, 0) is 21.2 Å². The highest BCUT2D eigenvalue weighted by molar-refractivity contribution is 8.00. The Morgan fingerprint density at radius 2 is 2.00 bits per heavy atom. The number of rotatable bonds is 7. The summed E-state index contributed by atoms with van der Waals surface area (Å²) in [6.07, 6.45) is 2.75. The maximum absolute atomic E-state index is 12.6. The molecule has 2 aromatic rings. The van der Waals surface area contributed by atoms with E-state index in [1.807, 2.05) is 25.1 Å². The van der Waals surface area contributed by atoms with Gasteiger partial charge in [0.2, 0.25) is 5.91 Å². The third-order valence-electron chi connectivity index (χ3n) is 5.10. The number of amides is 1. The van der Waals surface area contributed by atoms with Gasteiger partial charge in [0, 0.05) is 12.0 Å². The van der Waals surface area contributed by atoms with E-state index >= 15 is 0 Å². The number of carbonyl (C=O) groups is 1. The summed E-state index contributed by atoms with van der Waals surface area (Å²) in [6, 6.07) is 9.86. The number of aromatic nitrogens is 3. The lowest BCUT2D eigenvalue weighted by molar-refractivity contribution is -0.120. The van der Waals surface area contributed by atoms with Crippen molar-refractivity contribution in [2.24, 2.45) is 0 Å². The second-order valence-corrected chi connectivity index (χ2v) is 11.1. The summed E-state index contributed by atoms with van der Waals surface area (Å²) >= 11 is 1.37. The second kappa shape index (κ2) is 7.87. The van der Waals surface area contributed by atoms with Gasteiger partial charge in [0.25, 0.3) is 0 Å². The molecular weight excluding hydrogens is 396 g/mol. The van der Waals surface area contributed by atoms with Crippen molar-refractivity contribution in [2.75, 3.05) is 11.5 Å². The van der Waals surface area contributed by atoms with Crippen molar-refractivity contribution >= 4 is 27.5 Å². The van der Waals surface area contributed by atoms with Gasteiger partial charge < -0.3 is 9.88 Å². The Balaban J connectivity index is 1.45. The molecule has 2 heterocycles. The molecule has 2 atom stereocenters. The van der Waals surface area contributed by atoms with Gasteiger partial charge in [-0.2, -0.15) is 0 Å². The fraction of sp³-hybridized carbons (Fsp3) is 0.526. The van der Waals surface area contributed by atoms with E-state index in [9.17, 15) is 13.2 Å². The average molecular weight is 421 g/mol. The molecule has 1 amide bonds. The zero-order valence-corrected chi connectivity index (χ0v) is 17.4. The summed E-state index contributed by atoms with van der Waals surface area (Å²) in [4.78, 5) is 12.6. The molecule has 150 valence electrons. The van der Waals surface area contributed by atoms with Gasteiger partial charge in [-0.3, -0.25) is 4.79 Å². The molecule has 0 bridgehead atoms. The highest BCUT2D eigenvalue weighted by atomic mass is 32.2. The second-order valence-electron chi connectivity index (χ2n) is 7.56. The van der Waals surface area contributed by atoms with Crippen molar-refractivity contribution in [3.63, 3.8) is 0 Å². The smallest absolute Gasteiger partial charge is 0.233 e. The topological polar surface area (TPSA) is 93.9 Å². The van der Waals surface area contributed by atoms with Gasteiger partial charge in [-0.1, -0.05) is 42.1 Å². The fourth-order valence-corrected chi connectivity index (χ4v) is 5.92. The third kappa shape index (κ3) is 4.57. The van der Waals surface area contributed by atoms with E-state index in [2.05, 4.69) is 32.2 Å². The van der Waals surface area contributed by atoms with E-state index in [1.165, 1.54) is 17.3 Å². The maximum atomic E-state index is 12.6. The first-order valence-electron chi connectivity index (χ1n) is 9.56. The Morgan fingerprint density at radius 1 is 1.25 bits per heavy atom. The molecule has 7 nitrogen and oxygen atoms in total. The molecule has 9 heteroatoms. The van der Waals surface area contributed by atoms with Crippen LogP contribution in [0.15, 0.2) is 35.5 Å². The number of hydrogen-bond donors (Lipinski definition) is 1. The molecule has 1 aliphatic heterocycles. The predicted octanol–water partition coefficient (Wildman–Crippen LogP) is 1.99. The highest BCUT2D eigenvalue weighted by Crippen LogP contribution is 2.40. The number of sulfone groups is 1. The minimum atomic E-state index is -3.01. The molecule has 4 rings (SSSR count). The number of thioether (sulfide) groups is 1. The molecule has 0 spiro atoms. The Bertz CT molecular complexity index is 955. The zero-order valence-electron chi connectivity index (χ0n) is 15.7. The average Bonchev–Trinajstić information content (AvgIpc) is 3.35. The van der Waals surface area contributed by atoms with Gasteiger partial charge in [-0.15, -0.1) is 10.2 Å². The summed E-state index contributed by atoms with van der Waals surface area (Å²) in [5, 5.41) is 12.0. The van der Waals surface area contributed by atoms with Gasteiger partial charge in [-0.25, -0.2) is 8.42 Å². The first-order valence-corrected chi connectivity index (χ1v) is 12.3. The molecule has 1 aromatic carbocycles. The van der Waals surface area contributed by atoms with Crippen LogP contribution in [0.4, 0.5) is 0 Å². The van der Waals surface area contributed by atoms with Gasteiger partial charge in [-0.05, 0) is 31.7 Å². The van der Waals surface area contributed by atoms with Crippen LogP contribution in [0.2, 0.25) is 0 Å². The number of carbonyl (C=O) groups excluding carboxylic acids is 1. The lowest BCUT2D eigenvalue weighted by Crippen LogP contribution is -2.40. The van der Waals surface area contributed by atoms with E-state index in [-0.39, 0.29) is 28.7 Å². The van der Waals surface area contributed by atoms with Crippen molar-refractivity contribution in [1.29, 1.82) is 0 Å². The minimum Gasteiger partial charge on any atom is -0.351 e. The zero-order chi connectivity index (χ0) is 19.7. The van der Waals surface area contributed by atoms with Crippen LogP contribution in [-0.4, -0.2) is 51.9 Å². The van der Waals surface area contributed by atoms with Crippen molar-refractivity contribution in [3.05, 3.63) is 41.7 Å². The third-order valence-corrected chi connectivity index (χ3v) is 7.95. The van der Waals surface area contributed by atoms with Crippen LogP contribution < -0.4 is 5.32 Å². The van der Waals surface area contributed by atoms with Crippen molar-refractivity contribution in [1.82, 2.24) is 20.1 Å². The van der Waals surface area contributed by atoms with Crippen LogP contribution in [0.25, 0.3) is 0 Å². The van der Waals surface area contributed by atoms with Gasteiger partial charge in [0.15, 0.2) is 15.0 Å². The highest BCUT2D eigenvalue weighted by Gasteiger charge is 2.33. The number of nitrogens with one attached hydrogen (secondary N) is 1. The molecule has 1 saturated carbocycles. The van der Waals surface area contributed by atoms with E-state index in [1.54, 1.807) is 0 Å². The number of hydrogen-bond acceptors (Lipinski definition) is 6. The van der Waals surface area contributed by atoms with Crippen LogP contribution in [0.1, 0.15) is 43.5 Å². The molecule has 28 heavy (non-hydrogen) atoms. The van der Waals surface area contributed by atoms with Crippen LogP contribution in [0.3, 0.4) is 0 Å². The summed E-state index contributed by atoms with van der Waals surface area (Å²) < 4.78 is 25.3. The number of benzene rings is 1. The molecule has 2 aliphatic rings. The Morgan fingerprint density at radius 3 is 2.64 bits per heavy atom. The summed E-state index contributed by atoms with van der Waals surface area (Å²) in [6.45, 7) is 2.50. The monoisotopic (exact) mass is 420 g/mol. The van der Waals surface area contributed by atoms with Crippen LogP contribution in [0, 0.1) is 0 Å². The molecule has 0 radical (unpaired) electrons. The molecule has 1 aromatic heterocycles. The van der Waals surface area contributed by atoms with Crippen LogP contribution >= 0.6 is 11.8 Å². The van der Waals surface area contributed by atoms with Crippen LogP contribution in [0.5, 0.6) is 0 Å². The van der Waals surface area contributed by atoms with E-state index in [0.29, 0.717) is 18.9 Å². The minimum absolute atomic E-state index is 0.0339. The van der Waals surface area contributed by atoms with Gasteiger partial charge >= 0.3 is 0 Å². The quantitative estimate of drug-likeness (QED) is 0.689. The largest absolute Gasteiger partial charge is 0.351 e. The van der Waals surface area contributed by atoms with E-state index in [0.717, 1.165) is 23.8 Å². The van der Waals surface area contributed by atoms with Gasteiger partial charge in [0.1, 0.15) is 5.82 Å². The molecule has 2 unspecified atom stereocenters. The Hall–Kier alpha value is -1.87. The van der Waals surface area contributed by atoms with E-state index < -0.39 is 9.84 Å². The summed E-state index contributed by atoms with van der Waals surface area (Å²) in [5.41, 5.74) is 1.17. The van der Waals surface area contributed by atoms with Gasteiger partial charge in [0.05, 0.1) is 23.3 Å². The standard InChI is InChI=1S/C19H24N4O3S2/c1-13(18(24)20-16-9-10-28(25,26)12-16)27-19-22-21-17(15-7-8-15)23(19)11-14-5-3-2-4-6-14/h2-6,13,15-16H,7-12H2,1H3,(H,20,24). The number of nitrogens with zero attached hydrogens (tertiary/aromatic N) is 3. The fourth-order valence-electron chi connectivity index (χ4n) is 3.38. The molecule has 1 aliphatic carbocycles. The normalized spacial score (nSPS) is 22.1. The Kier molecular flexibility index (Phi) is 5.46. The first kappa shape index (κ1) is 19.4. The van der Waals surface area contributed by atoms with Crippen molar-refractivity contribution < 1.29 is 13.2 Å². The molecule has 2 fully saturated rings. The van der Waals surface area contributed by atoms with E-state index in [4.69, 9.17) is 0 Å². The first-order chi connectivity index (χ1) is 13.4. The SMILES string of the molecule is CC(Sc1nnc(C2CC2)n1Cc1ccccc1)C(=O)NC1CCS(=O)(=O)C1. The van der Waals surface area contributed by atoms with Crippen molar-refractivity contribution in [2.45, 2.75) is 55.1 Å². The lowest BCUT2D eigenvalue weighted by Gasteiger charge is -2.16. The van der Waals surface area contributed by atoms with Crippen molar-refractivity contribution in [3.8, 4) is 0 Å². The molecule has 1 saturated heterocycles. The lowest BCUT2D eigenvalue weighted by atomic mass is 10.2. The maximum Gasteiger partial charge on any atom is 0.233 e. The summed E-state index contributed by atoms with van der Waals surface area (Å²) in [7, 11) is -3.01.